The van der Waals surface area contributed by atoms with E-state index in [2.05, 4.69) is 4.98 Å². The van der Waals surface area contributed by atoms with E-state index >= 15 is 0 Å². The Hall–Kier alpha value is -2.11. The zero-order valence-electron chi connectivity index (χ0n) is 10.1. The van der Waals surface area contributed by atoms with Gasteiger partial charge in [-0.05, 0) is 31.0 Å². The fourth-order valence-corrected chi connectivity index (χ4v) is 1.50. The molecule has 1 aromatic heterocycles. The molecule has 0 bridgehead atoms. The van der Waals surface area contributed by atoms with Crippen LogP contribution in [0.4, 0.5) is 17.6 Å². The summed E-state index contributed by atoms with van der Waals surface area (Å²) in [5.74, 6) is -7.86. The number of hydrogen-bond acceptors (Lipinski definition) is 2. The summed E-state index contributed by atoms with van der Waals surface area (Å²) in [6, 6.07) is 4.81. The van der Waals surface area contributed by atoms with Crippen molar-refractivity contribution in [1.29, 1.82) is 0 Å². The average molecular weight is 271 g/mol. The van der Waals surface area contributed by atoms with Crippen LogP contribution in [0.5, 0.6) is 11.5 Å². The fourth-order valence-electron chi connectivity index (χ4n) is 1.50. The van der Waals surface area contributed by atoms with Gasteiger partial charge in [-0.1, -0.05) is 12.1 Å². The molecule has 0 radical (unpaired) electrons. The van der Waals surface area contributed by atoms with Gasteiger partial charge in [0.2, 0.25) is 17.4 Å². The lowest BCUT2D eigenvalue weighted by atomic mass is 10.1. The van der Waals surface area contributed by atoms with E-state index in [0.29, 0.717) is 5.56 Å². The van der Waals surface area contributed by atoms with Gasteiger partial charge in [0.15, 0.2) is 0 Å². The molecule has 19 heavy (non-hydrogen) atoms. The molecular formula is C13H9F4NO. The van der Waals surface area contributed by atoms with Gasteiger partial charge in [-0.3, -0.25) is 0 Å². The Morgan fingerprint density at radius 3 is 2.11 bits per heavy atom. The quantitative estimate of drug-likeness (QED) is 0.607. The largest absolute Gasteiger partial charge is 0.451 e. The van der Waals surface area contributed by atoms with E-state index in [4.69, 9.17) is 4.74 Å². The van der Waals surface area contributed by atoms with Crippen LogP contribution in [0.15, 0.2) is 18.2 Å². The number of halogens is 4. The number of pyridine rings is 1. The van der Waals surface area contributed by atoms with Crippen LogP contribution in [-0.2, 0) is 0 Å². The van der Waals surface area contributed by atoms with Crippen molar-refractivity contribution < 1.29 is 22.3 Å². The third kappa shape index (κ3) is 2.38. The van der Waals surface area contributed by atoms with Crippen LogP contribution >= 0.6 is 0 Å². The van der Waals surface area contributed by atoms with Gasteiger partial charge in [0, 0.05) is 0 Å². The minimum atomic E-state index is -1.75. The minimum absolute atomic E-state index is 0.114. The van der Waals surface area contributed by atoms with Crippen LogP contribution in [0.3, 0.4) is 0 Å². The van der Waals surface area contributed by atoms with E-state index in [1.165, 1.54) is 6.07 Å². The van der Waals surface area contributed by atoms with Crippen LogP contribution in [0, 0.1) is 37.4 Å². The number of nitrogens with zero attached hydrogens (tertiary/aromatic N) is 1. The first-order valence-electron chi connectivity index (χ1n) is 5.36. The Labute approximate surface area is 106 Å². The van der Waals surface area contributed by atoms with Gasteiger partial charge in [0.1, 0.15) is 5.75 Å². The molecule has 0 unspecified atom stereocenters. The molecule has 2 aromatic rings. The first-order chi connectivity index (χ1) is 8.91. The SMILES string of the molecule is Cc1cccc(Oc2c(F)c(F)nc(F)c2F)c1C. The molecule has 0 saturated carbocycles. The molecule has 0 saturated heterocycles. The van der Waals surface area contributed by atoms with Crippen molar-refractivity contribution in [3.8, 4) is 11.5 Å². The zero-order chi connectivity index (χ0) is 14.2. The summed E-state index contributed by atoms with van der Waals surface area (Å²) in [6.45, 7) is 3.43. The second-order valence-electron chi connectivity index (χ2n) is 3.95. The summed E-state index contributed by atoms with van der Waals surface area (Å²) in [5, 5.41) is 0. The highest BCUT2D eigenvalue weighted by molar-refractivity contribution is 5.41. The van der Waals surface area contributed by atoms with E-state index in [0.717, 1.165) is 5.56 Å². The fraction of sp³-hybridized carbons (Fsp3) is 0.154. The van der Waals surface area contributed by atoms with Crippen molar-refractivity contribution in [3.63, 3.8) is 0 Å². The second kappa shape index (κ2) is 4.87. The molecule has 0 atom stereocenters. The van der Waals surface area contributed by atoms with Gasteiger partial charge in [0.05, 0.1) is 0 Å². The molecule has 1 aromatic carbocycles. The Morgan fingerprint density at radius 1 is 0.947 bits per heavy atom. The summed E-state index contributed by atoms with van der Waals surface area (Å²) in [5.41, 5.74) is 1.42. The molecule has 0 aliphatic rings. The van der Waals surface area contributed by atoms with E-state index in [1.54, 1.807) is 26.0 Å². The lowest BCUT2D eigenvalue weighted by Gasteiger charge is -2.11. The molecule has 2 rings (SSSR count). The number of rotatable bonds is 2. The summed E-state index contributed by atoms with van der Waals surface area (Å²) in [6.07, 6.45) is 0. The summed E-state index contributed by atoms with van der Waals surface area (Å²) >= 11 is 0. The van der Waals surface area contributed by atoms with E-state index < -0.39 is 29.3 Å². The van der Waals surface area contributed by atoms with Crippen molar-refractivity contribution >= 4 is 0 Å². The molecule has 1 heterocycles. The molecule has 6 heteroatoms. The number of aromatic nitrogens is 1. The molecule has 0 aliphatic heterocycles. The normalized spacial score (nSPS) is 10.6. The van der Waals surface area contributed by atoms with Gasteiger partial charge in [0.25, 0.3) is 11.9 Å². The Balaban J connectivity index is 2.52. The first kappa shape index (κ1) is 13.3. The van der Waals surface area contributed by atoms with Crippen molar-refractivity contribution in [2.75, 3.05) is 0 Å². The van der Waals surface area contributed by atoms with Gasteiger partial charge in [-0.2, -0.15) is 22.5 Å². The maximum absolute atomic E-state index is 13.4. The van der Waals surface area contributed by atoms with E-state index in [1.807, 2.05) is 0 Å². The van der Waals surface area contributed by atoms with Crippen LogP contribution in [-0.4, -0.2) is 4.98 Å². The van der Waals surface area contributed by atoms with Crippen molar-refractivity contribution in [3.05, 3.63) is 52.9 Å². The number of ether oxygens (including phenoxy) is 1. The van der Waals surface area contributed by atoms with E-state index in [-0.39, 0.29) is 5.75 Å². The van der Waals surface area contributed by atoms with Crippen LogP contribution < -0.4 is 4.74 Å². The molecule has 0 amide bonds. The lowest BCUT2D eigenvalue weighted by Crippen LogP contribution is -2.03. The third-order valence-electron chi connectivity index (χ3n) is 2.72. The molecule has 2 nitrogen and oxygen atoms in total. The predicted molar refractivity (Wildman–Crippen MR) is 60.1 cm³/mol. The number of aryl methyl sites for hydroxylation is 1. The standard InChI is InChI=1S/C13H9F4NO/c1-6-4-3-5-8(7(6)2)19-11-9(14)12(16)18-13(17)10(11)15/h3-5H,1-2H3. The van der Waals surface area contributed by atoms with Gasteiger partial charge < -0.3 is 4.74 Å². The topological polar surface area (TPSA) is 22.1 Å². The van der Waals surface area contributed by atoms with Gasteiger partial charge in [-0.15, -0.1) is 0 Å². The van der Waals surface area contributed by atoms with Crippen molar-refractivity contribution in [1.82, 2.24) is 4.98 Å². The maximum Gasteiger partial charge on any atom is 0.255 e. The average Bonchev–Trinajstić information content (AvgIpc) is 2.37. The predicted octanol–water partition coefficient (Wildman–Crippen LogP) is 4.05. The Morgan fingerprint density at radius 2 is 1.53 bits per heavy atom. The van der Waals surface area contributed by atoms with Crippen LogP contribution in [0.2, 0.25) is 0 Å². The number of benzene rings is 1. The van der Waals surface area contributed by atoms with Crippen molar-refractivity contribution in [2.24, 2.45) is 0 Å². The van der Waals surface area contributed by atoms with E-state index in [9.17, 15) is 17.6 Å². The molecule has 0 aliphatic carbocycles. The van der Waals surface area contributed by atoms with Gasteiger partial charge in [-0.25, -0.2) is 0 Å². The maximum atomic E-state index is 13.4. The van der Waals surface area contributed by atoms with Crippen LogP contribution in [0.25, 0.3) is 0 Å². The molecule has 0 spiro atoms. The highest BCUT2D eigenvalue weighted by atomic mass is 19.2. The molecular weight excluding hydrogens is 262 g/mol. The summed E-state index contributed by atoms with van der Waals surface area (Å²) < 4.78 is 57.6. The summed E-state index contributed by atoms with van der Waals surface area (Å²) in [4.78, 5) is 2.45. The highest BCUT2D eigenvalue weighted by Gasteiger charge is 2.23. The molecule has 100 valence electrons. The minimum Gasteiger partial charge on any atom is -0.451 e. The third-order valence-corrected chi connectivity index (χ3v) is 2.72. The van der Waals surface area contributed by atoms with Crippen LogP contribution in [0.1, 0.15) is 11.1 Å². The Bertz CT molecular complexity index is 617. The highest BCUT2D eigenvalue weighted by Crippen LogP contribution is 2.32. The monoisotopic (exact) mass is 271 g/mol. The van der Waals surface area contributed by atoms with Gasteiger partial charge >= 0.3 is 0 Å². The zero-order valence-corrected chi connectivity index (χ0v) is 10.1. The Kier molecular flexibility index (Phi) is 3.42. The lowest BCUT2D eigenvalue weighted by molar-refractivity contribution is 0.342. The van der Waals surface area contributed by atoms with Crippen molar-refractivity contribution in [2.45, 2.75) is 13.8 Å². The molecule has 0 fully saturated rings. The summed E-state index contributed by atoms with van der Waals surface area (Å²) in [7, 11) is 0. The first-order valence-corrected chi connectivity index (χ1v) is 5.36. The number of hydrogen-bond donors (Lipinski definition) is 0. The second-order valence-corrected chi connectivity index (χ2v) is 3.95. The molecule has 0 N–H and O–H groups in total. The smallest absolute Gasteiger partial charge is 0.255 e.